The third-order valence-electron chi connectivity index (χ3n) is 12.1. The molecule has 0 aliphatic carbocycles. The van der Waals surface area contributed by atoms with E-state index in [1.165, 1.54) is 122 Å². The number of pyridine rings is 1. The monoisotopic (exact) mass is 915 g/mol. The Balaban J connectivity index is 1.46. The van der Waals surface area contributed by atoms with Gasteiger partial charge in [-0.05, 0) is 25.3 Å². The van der Waals surface area contributed by atoms with Crippen molar-refractivity contribution >= 4 is 47.5 Å². The van der Waals surface area contributed by atoms with Crippen LogP contribution in [0.1, 0.15) is 219 Å². The highest BCUT2D eigenvalue weighted by Crippen LogP contribution is 2.43. The van der Waals surface area contributed by atoms with E-state index >= 15 is 0 Å². The van der Waals surface area contributed by atoms with E-state index < -0.39 is 26.5 Å². The lowest BCUT2D eigenvalue weighted by Gasteiger charge is -2.20. The van der Waals surface area contributed by atoms with E-state index in [1.807, 2.05) is 28.8 Å². The first-order valence-corrected chi connectivity index (χ1v) is 27.2. The molecule has 0 saturated carbocycles. The van der Waals surface area contributed by atoms with Crippen molar-refractivity contribution in [1.29, 1.82) is 0 Å². The Morgan fingerprint density at radius 2 is 1.12 bits per heavy atom. The van der Waals surface area contributed by atoms with Crippen LogP contribution in [0.25, 0.3) is 21.9 Å². The summed E-state index contributed by atoms with van der Waals surface area (Å²) in [6, 6.07) is 7.67. The summed E-state index contributed by atoms with van der Waals surface area (Å²) in [5.74, 6) is 0.265. The normalized spacial score (nSPS) is 13.1. The molecule has 0 aliphatic heterocycles. The summed E-state index contributed by atoms with van der Waals surface area (Å²) in [4.78, 5) is 45.8. The first kappa shape index (κ1) is 55.3. The molecule has 2 aromatic heterocycles. The molecular weight excluding hydrogens is 828 g/mol. The Labute approximate surface area is 386 Å². The van der Waals surface area contributed by atoms with Gasteiger partial charge >= 0.3 is 19.8 Å². The number of rotatable bonds is 41. The molecule has 3 N–H and O–H groups in total. The zero-order valence-electron chi connectivity index (χ0n) is 40.3. The number of nitrogens with zero attached hydrogens (tertiary/aromatic N) is 3. The molecule has 0 bridgehead atoms. The lowest BCUT2D eigenvalue weighted by Crippen LogP contribution is -2.29. The van der Waals surface area contributed by atoms with Gasteiger partial charge < -0.3 is 24.7 Å². The molecule has 3 aromatic rings. The number of hydrogen-bond donors (Lipinski definition) is 2. The highest BCUT2D eigenvalue weighted by atomic mass is 31.2. The summed E-state index contributed by atoms with van der Waals surface area (Å²) in [5, 5.41) is 0.873. The van der Waals surface area contributed by atoms with Gasteiger partial charge in [-0.3, -0.25) is 18.6 Å². The Morgan fingerprint density at radius 3 is 1.66 bits per heavy atom. The van der Waals surface area contributed by atoms with Crippen molar-refractivity contribution in [3.05, 3.63) is 30.1 Å². The number of anilines is 1. The topological polar surface area (TPSA) is 165 Å². The number of fused-ring (bicyclic) bond motifs is 3. The molecule has 2 atom stereocenters. The number of nitrogens with two attached hydrogens (primary N) is 1. The minimum Gasteiger partial charge on any atom is -0.462 e. The van der Waals surface area contributed by atoms with E-state index in [-0.39, 0.29) is 38.6 Å². The maximum absolute atomic E-state index is 13.2. The maximum atomic E-state index is 13.2. The summed E-state index contributed by atoms with van der Waals surface area (Å²) in [5.41, 5.74) is 8.44. The minimum atomic E-state index is -4.61. The SMILES string of the molecule is CCCCCCCCCCCCCCCC(=O)OCC(COP(=O)(O)OCCn1c(CCCC)nc2c(N)nc3ccccc3c21)OC(=O)CCCCCCCCCCCCCCC. The number of phosphoric ester groups is 1. The molecule has 2 heterocycles. The van der Waals surface area contributed by atoms with Crippen molar-refractivity contribution in [3.63, 3.8) is 0 Å². The number of para-hydroxylation sites is 1. The number of benzene rings is 1. The molecule has 0 amide bonds. The first-order valence-electron chi connectivity index (χ1n) is 25.7. The Kier molecular flexibility index (Phi) is 29.6. The molecule has 0 fully saturated rings. The summed E-state index contributed by atoms with van der Waals surface area (Å²) >= 11 is 0. The zero-order valence-corrected chi connectivity index (χ0v) is 41.2. The van der Waals surface area contributed by atoms with Crippen LogP contribution in [-0.4, -0.2) is 57.3 Å². The second kappa shape index (κ2) is 34.3. The van der Waals surface area contributed by atoms with Gasteiger partial charge in [0.1, 0.15) is 17.9 Å². The fourth-order valence-corrected chi connectivity index (χ4v) is 9.07. The van der Waals surface area contributed by atoms with Crippen LogP contribution in [0.2, 0.25) is 0 Å². The summed E-state index contributed by atoms with van der Waals surface area (Å²) in [6.07, 6.45) is 33.3. The van der Waals surface area contributed by atoms with E-state index in [2.05, 4.69) is 25.8 Å². The molecule has 64 heavy (non-hydrogen) atoms. The standard InChI is InChI=1S/C51H87N4O8P/c1-4-7-10-12-14-16-18-20-22-24-26-28-30-37-47(56)60-41-43(63-48(57)38-31-29-27-25-23-21-19-17-15-13-11-8-5-2)42-62-64(58,59)61-40-39-55-46(36-9-6-3)54-49-50(55)44-34-32-33-35-45(44)53-51(49)52/h32-35,43H,4-31,36-42H2,1-3H3,(H2,52,53)(H,58,59). The van der Waals surface area contributed by atoms with E-state index in [0.29, 0.717) is 24.2 Å². The van der Waals surface area contributed by atoms with Gasteiger partial charge in [0.15, 0.2) is 11.9 Å². The molecule has 1 aromatic carbocycles. The third-order valence-corrected chi connectivity index (χ3v) is 13.1. The number of phosphoric acid groups is 1. The average molecular weight is 915 g/mol. The van der Waals surface area contributed by atoms with Crippen LogP contribution in [0.4, 0.5) is 5.82 Å². The number of aryl methyl sites for hydroxylation is 1. The predicted molar refractivity (Wildman–Crippen MR) is 261 cm³/mol. The Morgan fingerprint density at radius 1 is 0.641 bits per heavy atom. The molecule has 364 valence electrons. The summed E-state index contributed by atoms with van der Waals surface area (Å²) in [7, 11) is -4.61. The second-order valence-electron chi connectivity index (χ2n) is 17.9. The van der Waals surface area contributed by atoms with E-state index in [0.717, 1.165) is 73.6 Å². The molecule has 2 unspecified atom stereocenters. The molecular formula is C51H87N4O8P. The molecule has 13 heteroatoms. The fourth-order valence-electron chi connectivity index (χ4n) is 8.33. The van der Waals surface area contributed by atoms with Gasteiger partial charge in [0.05, 0.1) is 24.2 Å². The van der Waals surface area contributed by atoms with Crippen LogP contribution in [0.15, 0.2) is 24.3 Å². The maximum Gasteiger partial charge on any atom is 0.472 e. The van der Waals surface area contributed by atoms with Gasteiger partial charge in [0.25, 0.3) is 0 Å². The molecule has 0 radical (unpaired) electrons. The fraction of sp³-hybridized carbons (Fsp3) is 0.765. The van der Waals surface area contributed by atoms with Crippen molar-refractivity contribution < 1.29 is 37.6 Å². The summed E-state index contributed by atoms with van der Waals surface area (Å²) < 4.78 is 37.3. The summed E-state index contributed by atoms with van der Waals surface area (Å²) in [6.45, 7) is 5.92. The number of carbonyl (C=O) groups excluding carboxylic acids is 2. The Bertz CT molecular complexity index is 1750. The van der Waals surface area contributed by atoms with Gasteiger partial charge in [-0.2, -0.15) is 0 Å². The average Bonchev–Trinajstić information content (AvgIpc) is 3.65. The first-order chi connectivity index (χ1) is 31.2. The number of aromatic nitrogens is 3. The van der Waals surface area contributed by atoms with Gasteiger partial charge in [-0.15, -0.1) is 0 Å². The number of ether oxygens (including phenoxy) is 2. The number of nitrogen functional groups attached to an aromatic ring is 1. The molecule has 3 rings (SSSR count). The van der Waals surface area contributed by atoms with E-state index in [9.17, 15) is 19.0 Å². The second-order valence-corrected chi connectivity index (χ2v) is 19.3. The van der Waals surface area contributed by atoms with Crippen LogP contribution >= 0.6 is 7.82 Å². The quantitative estimate of drug-likeness (QED) is 0.0316. The largest absolute Gasteiger partial charge is 0.472 e. The van der Waals surface area contributed by atoms with Gasteiger partial charge in [0, 0.05) is 31.2 Å². The van der Waals surface area contributed by atoms with Gasteiger partial charge in [-0.1, -0.05) is 199 Å². The highest BCUT2D eigenvalue weighted by Gasteiger charge is 2.27. The molecule has 0 aliphatic rings. The van der Waals surface area contributed by atoms with E-state index in [1.54, 1.807) is 0 Å². The molecule has 0 saturated heterocycles. The number of carbonyl (C=O) groups is 2. The van der Waals surface area contributed by atoms with Crippen molar-refractivity contribution in [2.24, 2.45) is 0 Å². The smallest absolute Gasteiger partial charge is 0.462 e. The lowest BCUT2D eigenvalue weighted by atomic mass is 10.0. The number of esters is 2. The van der Waals surface area contributed by atoms with E-state index in [4.69, 9.17) is 29.2 Å². The highest BCUT2D eigenvalue weighted by molar-refractivity contribution is 7.47. The minimum absolute atomic E-state index is 0.160. The number of hydrogen-bond acceptors (Lipinski definition) is 10. The van der Waals surface area contributed by atoms with Crippen LogP contribution in [0, 0.1) is 0 Å². The van der Waals surface area contributed by atoms with Gasteiger partial charge in [0.2, 0.25) is 0 Å². The lowest BCUT2D eigenvalue weighted by molar-refractivity contribution is -0.161. The van der Waals surface area contributed by atoms with Crippen LogP contribution < -0.4 is 5.73 Å². The number of unbranched alkanes of at least 4 members (excludes halogenated alkanes) is 25. The number of imidazole rings is 1. The molecule has 0 spiro atoms. The molecule has 12 nitrogen and oxygen atoms in total. The van der Waals surface area contributed by atoms with Crippen molar-refractivity contribution in [3.8, 4) is 0 Å². The Hall–Kier alpha value is -3.05. The zero-order chi connectivity index (χ0) is 46.1. The third kappa shape index (κ3) is 23.4. The van der Waals surface area contributed by atoms with Crippen LogP contribution in [-0.2, 0) is 45.6 Å². The predicted octanol–water partition coefficient (Wildman–Crippen LogP) is 14.1. The van der Waals surface area contributed by atoms with Crippen LogP contribution in [0.3, 0.4) is 0 Å². The van der Waals surface area contributed by atoms with Crippen molar-refractivity contribution in [2.75, 3.05) is 25.6 Å². The van der Waals surface area contributed by atoms with Crippen molar-refractivity contribution in [1.82, 2.24) is 14.5 Å². The van der Waals surface area contributed by atoms with Gasteiger partial charge in [-0.25, -0.2) is 14.5 Å². The van der Waals surface area contributed by atoms with Crippen LogP contribution in [0.5, 0.6) is 0 Å². The van der Waals surface area contributed by atoms with Crippen molar-refractivity contribution in [2.45, 2.75) is 232 Å².